The van der Waals surface area contributed by atoms with Crippen molar-refractivity contribution in [3.63, 3.8) is 0 Å². The van der Waals surface area contributed by atoms with Crippen molar-refractivity contribution in [1.82, 2.24) is 4.90 Å². The van der Waals surface area contributed by atoms with E-state index in [1.54, 1.807) is 6.07 Å². The summed E-state index contributed by atoms with van der Waals surface area (Å²) in [4.78, 5) is 16.0. The number of hydrogen-bond donors (Lipinski definition) is 1. The molecule has 1 aromatic carbocycles. The fourth-order valence-corrected chi connectivity index (χ4v) is 2.11. The Balaban J connectivity index is 2.46. The molecule has 0 spiro atoms. The van der Waals surface area contributed by atoms with Gasteiger partial charge in [0.1, 0.15) is 5.54 Å². The van der Waals surface area contributed by atoms with Gasteiger partial charge in [-0.05, 0) is 44.6 Å². The molecule has 1 fully saturated rings. The highest BCUT2D eigenvalue weighted by atomic mass is 19.1. The number of aromatic hydroxyl groups is 1. The lowest BCUT2D eigenvalue weighted by Gasteiger charge is -2.15. The van der Waals surface area contributed by atoms with Crippen molar-refractivity contribution in [2.75, 3.05) is 14.1 Å². The first kappa shape index (κ1) is 12.7. The predicted molar refractivity (Wildman–Crippen MR) is 64.5 cm³/mol. The maximum absolute atomic E-state index is 13.7. The van der Waals surface area contributed by atoms with Crippen molar-refractivity contribution >= 4 is 6.08 Å². The van der Waals surface area contributed by atoms with E-state index in [0.717, 1.165) is 5.56 Å². The molecule has 1 aromatic rings. The Labute approximate surface area is 105 Å². The Morgan fingerprint density at radius 1 is 1.50 bits per heavy atom. The summed E-state index contributed by atoms with van der Waals surface area (Å²) in [5.41, 5.74) is 0.384. The monoisotopic (exact) mass is 250 g/mol. The fourth-order valence-electron chi connectivity index (χ4n) is 2.11. The summed E-state index contributed by atoms with van der Waals surface area (Å²) >= 11 is 0. The summed E-state index contributed by atoms with van der Waals surface area (Å²) in [7, 11) is 3.75. The van der Waals surface area contributed by atoms with Crippen LogP contribution in [0.15, 0.2) is 17.1 Å². The molecule has 0 unspecified atom stereocenters. The van der Waals surface area contributed by atoms with Gasteiger partial charge in [0.05, 0.1) is 0 Å². The minimum Gasteiger partial charge on any atom is -0.505 e. The SMILES string of the molecule is CN(C)Cc1cc(F)c(O)c(C2(N=C=O)CC2)c1. The quantitative estimate of drug-likeness (QED) is 0.656. The lowest BCUT2D eigenvalue weighted by Crippen LogP contribution is -2.12. The first-order chi connectivity index (χ1) is 8.48. The van der Waals surface area contributed by atoms with E-state index in [2.05, 4.69) is 4.99 Å². The van der Waals surface area contributed by atoms with E-state index in [4.69, 9.17) is 0 Å². The molecule has 96 valence electrons. The van der Waals surface area contributed by atoms with Gasteiger partial charge in [-0.2, -0.15) is 4.99 Å². The highest BCUT2D eigenvalue weighted by molar-refractivity contribution is 5.48. The maximum Gasteiger partial charge on any atom is 0.235 e. The lowest BCUT2D eigenvalue weighted by atomic mass is 10.0. The van der Waals surface area contributed by atoms with Gasteiger partial charge < -0.3 is 10.0 Å². The fraction of sp³-hybridized carbons (Fsp3) is 0.462. The number of rotatable bonds is 4. The molecule has 1 aliphatic rings. The number of phenolic OH excluding ortho intramolecular Hbond substituents is 1. The van der Waals surface area contributed by atoms with Crippen LogP contribution in [0.4, 0.5) is 4.39 Å². The number of carbonyl (C=O) groups excluding carboxylic acids is 1. The molecule has 1 N–H and O–H groups in total. The van der Waals surface area contributed by atoms with Gasteiger partial charge in [-0.15, -0.1) is 0 Å². The maximum atomic E-state index is 13.7. The molecule has 0 saturated heterocycles. The summed E-state index contributed by atoms with van der Waals surface area (Å²) in [5, 5.41) is 9.78. The molecule has 2 rings (SSSR count). The summed E-state index contributed by atoms with van der Waals surface area (Å²) in [6, 6.07) is 3.02. The van der Waals surface area contributed by atoms with E-state index in [-0.39, 0.29) is 0 Å². The molecule has 0 heterocycles. The highest BCUT2D eigenvalue weighted by Crippen LogP contribution is 2.52. The smallest absolute Gasteiger partial charge is 0.235 e. The number of benzene rings is 1. The van der Waals surface area contributed by atoms with E-state index in [1.165, 1.54) is 12.1 Å². The van der Waals surface area contributed by atoms with Gasteiger partial charge in [0.25, 0.3) is 0 Å². The molecule has 18 heavy (non-hydrogen) atoms. The third-order valence-electron chi connectivity index (χ3n) is 3.11. The van der Waals surface area contributed by atoms with Gasteiger partial charge in [-0.25, -0.2) is 9.18 Å². The number of aliphatic imine (C=N–C) groups is 1. The molecule has 1 aliphatic carbocycles. The highest BCUT2D eigenvalue weighted by Gasteiger charge is 2.47. The van der Waals surface area contributed by atoms with Gasteiger partial charge in [-0.3, -0.25) is 0 Å². The van der Waals surface area contributed by atoms with Gasteiger partial charge >= 0.3 is 0 Å². The molecule has 0 aromatic heterocycles. The number of halogens is 1. The van der Waals surface area contributed by atoms with Crippen LogP contribution in [0.3, 0.4) is 0 Å². The average Bonchev–Trinajstić information content (AvgIpc) is 3.03. The Morgan fingerprint density at radius 2 is 2.17 bits per heavy atom. The van der Waals surface area contributed by atoms with Crippen molar-refractivity contribution in [2.24, 2.45) is 4.99 Å². The summed E-state index contributed by atoms with van der Waals surface area (Å²) in [6.07, 6.45) is 2.79. The third-order valence-corrected chi connectivity index (χ3v) is 3.11. The topological polar surface area (TPSA) is 52.9 Å². The minimum atomic E-state index is -0.755. The van der Waals surface area contributed by atoms with Crippen molar-refractivity contribution in [2.45, 2.75) is 24.9 Å². The van der Waals surface area contributed by atoms with Crippen LogP contribution >= 0.6 is 0 Å². The Bertz CT molecular complexity index is 518. The standard InChI is InChI=1S/C13H15FN2O2/c1-16(2)7-9-5-10(12(18)11(14)6-9)13(3-4-13)15-8-17/h5-6,18H,3-4,7H2,1-2H3. The minimum absolute atomic E-state index is 0.391. The van der Waals surface area contributed by atoms with Crippen LogP contribution in [0.5, 0.6) is 5.75 Å². The third kappa shape index (κ3) is 2.28. The molecule has 5 heteroatoms. The van der Waals surface area contributed by atoms with Gasteiger partial charge in [0.15, 0.2) is 11.6 Å². The Kier molecular flexibility index (Phi) is 3.20. The van der Waals surface area contributed by atoms with Crippen LogP contribution in [0.25, 0.3) is 0 Å². The van der Waals surface area contributed by atoms with Crippen LogP contribution in [-0.2, 0) is 16.9 Å². The first-order valence-corrected chi connectivity index (χ1v) is 5.74. The number of isocyanates is 1. The van der Waals surface area contributed by atoms with Gasteiger partial charge in [-0.1, -0.05) is 0 Å². The Hall–Kier alpha value is -1.71. The van der Waals surface area contributed by atoms with Crippen LogP contribution < -0.4 is 0 Å². The van der Waals surface area contributed by atoms with E-state index in [0.29, 0.717) is 24.9 Å². The van der Waals surface area contributed by atoms with Crippen LogP contribution in [0.1, 0.15) is 24.0 Å². The molecule has 4 nitrogen and oxygen atoms in total. The predicted octanol–water partition coefficient (Wildman–Crippen LogP) is 1.92. The van der Waals surface area contributed by atoms with Crippen LogP contribution in [0.2, 0.25) is 0 Å². The second-order valence-electron chi connectivity index (χ2n) is 4.95. The molecule has 0 amide bonds. The molecule has 0 radical (unpaired) electrons. The second kappa shape index (κ2) is 4.52. The van der Waals surface area contributed by atoms with Crippen LogP contribution in [-0.4, -0.2) is 30.2 Å². The summed E-state index contributed by atoms with van der Waals surface area (Å²) in [6.45, 7) is 0.561. The number of hydrogen-bond acceptors (Lipinski definition) is 4. The zero-order valence-corrected chi connectivity index (χ0v) is 10.4. The van der Waals surface area contributed by atoms with Crippen molar-refractivity contribution < 1.29 is 14.3 Å². The molecular weight excluding hydrogens is 235 g/mol. The second-order valence-corrected chi connectivity index (χ2v) is 4.95. The molecule has 0 aliphatic heterocycles. The zero-order valence-electron chi connectivity index (χ0n) is 10.4. The first-order valence-electron chi connectivity index (χ1n) is 5.74. The molecule has 0 bridgehead atoms. The van der Waals surface area contributed by atoms with Crippen LogP contribution in [0, 0.1) is 5.82 Å². The normalized spacial score (nSPS) is 16.4. The van der Waals surface area contributed by atoms with E-state index >= 15 is 0 Å². The molecular formula is C13H15FN2O2. The van der Waals surface area contributed by atoms with E-state index < -0.39 is 17.1 Å². The molecule has 1 saturated carbocycles. The van der Waals surface area contributed by atoms with Gasteiger partial charge in [0, 0.05) is 12.1 Å². The van der Waals surface area contributed by atoms with Crippen molar-refractivity contribution in [3.8, 4) is 5.75 Å². The zero-order chi connectivity index (χ0) is 13.3. The van der Waals surface area contributed by atoms with Crippen molar-refractivity contribution in [3.05, 3.63) is 29.1 Å². The average molecular weight is 250 g/mol. The van der Waals surface area contributed by atoms with E-state index in [1.807, 2.05) is 19.0 Å². The summed E-state index contributed by atoms with van der Waals surface area (Å²) < 4.78 is 13.7. The largest absolute Gasteiger partial charge is 0.505 e. The number of phenols is 1. The van der Waals surface area contributed by atoms with Gasteiger partial charge in [0.2, 0.25) is 6.08 Å². The van der Waals surface area contributed by atoms with Crippen molar-refractivity contribution in [1.29, 1.82) is 0 Å². The molecule has 0 atom stereocenters. The Morgan fingerprint density at radius 3 is 2.67 bits per heavy atom. The lowest BCUT2D eigenvalue weighted by molar-refractivity contribution is 0.394. The van der Waals surface area contributed by atoms with E-state index in [9.17, 15) is 14.3 Å². The summed E-state index contributed by atoms with van der Waals surface area (Å²) in [5.74, 6) is -1.08. The number of nitrogens with zero attached hydrogens (tertiary/aromatic N) is 2.